The summed E-state index contributed by atoms with van der Waals surface area (Å²) in [6, 6.07) is 6.13. The Labute approximate surface area is 119 Å². The molecule has 1 aromatic carbocycles. The van der Waals surface area contributed by atoms with Crippen molar-refractivity contribution < 1.29 is 9.66 Å². The maximum atomic E-state index is 10.7. The van der Waals surface area contributed by atoms with Crippen LogP contribution in [-0.4, -0.2) is 9.91 Å². The number of hydrogen-bond donors (Lipinski definition) is 0. The summed E-state index contributed by atoms with van der Waals surface area (Å²) < 4.78 is 6.85. The average Bonchev–Trinajstić information content (AvgIpc) is 2.28. The molecule has 1 heterocycles. The number of nitrogens with zero attached hydrogens (tertiary/aromatic N) is 2. The zero-order valence-corrected chi connectivity index (χ0v) is 12.0. The fourth-order valence-corrected chi connectivity index (χ4v) is 2.10. The van der Waals surface area contributed by atoms with Gasteiger partial charge in [-0.05, 0) is 28.1 Å². The van der Waals surface area contributed by atoms with Crippen LogP contribution in [0.2, 0.25) is 0 Å². The number of halogens is 2. The van der Waals surface area contributed by atoms with Crippen LogP contribution in [0.15, 0.2) is 45.6 Å². The molecule has 2 aromatic rings. The van der Waals surface area contributed by atoms with Crippen molar-refractivity contribution in [2.24, 2.45) is 0 Å². The van der Waals surface area contributed by atoms with Crippen molar-refractivity contribution in [3.8, 4) is 11.5 Å². The summed E-state index contributed by atoms with van der Waals surface area (Å²) in [6.45, 7) is 0. The fraction of sp³-hybridized carbons (Fsp3) is 0. The molecule has 0 amide bonds. The van der Waals surface area contributed by atoms with Crippen molar-refractivity contribution in [3.63, 3.8) is 0 Å². The highest BCUT2D eigenvalue weighted by Crippen LogP contribution is 2.30. The number of pyridine rings is 1. The Bertz CT molecular complexity index is 605. The number of ether oxygens (including phenoxy) is 1. The van der Waals surface area contributed by atoms with Crippen LogP contribution in [0.25, 0.3) is 0 Å². The number of benzene rings is 1. The fourth-order valence-electron chi connectivity index (χ4n) is 1.30. The highest BCUT2D eigenvalue weighted by molar-refractivity contribution is 9.10. The standard InChI is InChI=1S/C11H6Br2N2O3/c12-7-1-9(15(16)17)4-10(2-7)18-11-3-8(13)5-14-6-11/h1-6H. The smallest absolute Gasteiger partial charge is 0.274 e. The molecule has 0 spiro atoms. The van der Waals surface area contributed by atoms with E-state index in [-0.39, 0.29) is 5.69 Å². The lowest BCUT2D eigenvalue weighted by molar-refractivity contribution is -0.385. The normalized spacial score (nSPS) is 10.1. The van der Waals surface area contributed by atoms with Crippen molar-refractivity contribution >= 4 is 37.5 Å². The van der Waals surface area contributed by atoms with Crippen LogP contribution in [0.1, 0.15) is 0 Å². The van der Waals surface area contributed by atoms with E-state index in [4.69, 9.17) is 4.74 Å². The zero-order valence-electron chi connectivity index (χ0n) is 8.84. The molecule has 7 heteroatoms. The number of hydrogen-bond acceptors (Lipinski definition) is 4. The third kappa shape index (κ3) is 3.27. The first-order valence-electron chi connectivity index (χ1n) is 4.78. The first-order valence-corrected chi connectivity index (χ1v) is 6.36. The van der Waals surface area contributed by atoms with E-state index in [9.17, 15) is 10.1 Å². The van der Waals surface area contributed by atoms with Gasteiger partial charge in [0.15, 0.2) is 0 Å². The molecular weight excluding hydrogens is 368 g/mol. The predicted octanol–water partition coefficient (Wildman–Crippen LogP) is 4.31. The molecule has 0 saturated carbocycles. The van der Waals surface area contributed by atoms with Gasteiger partial charge in [0, 0.05) is 21.2 Å². The first-order chi connectivity index (χ1) is 8.54. The van der Waals surface area contributed by atoms with Gasteiger partial charge in [-0.1, -0.05) is 15.9 Å². The van der Waals surface area contributed by atoms with Crippen LogP contribution in [-0.2, 0) is 0 Å². The lowest BCUT2D eigenvalue weighted by Crippen LogP contribution is -1.90. The second-order valence-corrected chi connectivity index (χ2v) is 5.17. The molecule has 0 aliphatic heterocycles. The van der Waals surface area contributed by atoms with Gasteiger partial charge < -0.3 is 4.74 Å². The predicted molar refractivity (Wildman–Crippen MR) is 72.8 cm³/mol. The molecule has 0 saturated heterocycles. The minimum atomic E-state index is -0.475. The molecule has 2 rings (SSSR count). The van der Waals surface area contributed by atoms with E-state index in [1.54, 1.807) is 18.3 Å². The summed E-state index contributed by atoms with van der Waals surface area (Å²) in [7, 11) is 0. The molecule has 0 bridgehead atoms. The number of nitro groups is 1. The second-order valence-electron chi connectivity index (χ2n) is 3.34. The van der Waals surface area contributed by atoms with Gasteiger partial charge in [-0.2, -0.15) is 0 Å². The van der Waals surface area contributed by atoms with Crippen molar-refractivity contribution in [1.82, 2.24) is 4.98 Å². The summed E-state index contributed by atoms with van der Waals surface area (Å²) >= 11 is 6.47. The molecular formula is C11H6Br2N2O3. The van der Waals surface area contributed by atoms with Crippen LogP contribution in [0, 0.1) is 10.1 Å². The molecule has 0 unspecified atom stereocenters. The van der Waals surface area contributed by atoms with E-state index in [1.807, 2.05) is 0 Å². The molecule has 0 N–H and O–H groups in total. The van der Waals surface area contributed by atoms with Crippen molar-refractivity contribution in [2.45, 2.75) is 0 Å². The molecule has 0 aliphatic carbocycles. The summed E-state index contributed by atoms with van der Waals surface area (Å²) in [4.78, 5) is 14.2. The molecule has 18 heavy (non-hydrogen) atoms. The number of aromatic nitrogens is 1. The Morgan fingerprint density at radius 3 is 2.44 bits per heavy atom. The van der Waals surface area contributed by atoms with Gasteiger partial charge in [-0.3, -0.25) is 15.1 Å². The van der Waals surface area contributed by atoms with Gasteiger partial charge in [0.05, 0.1) is 17.2 Å². The topological polar surface area (TPSA) is 65.3 Å². The number of nitro benzene ring substituents is 1. The Hall–Kier alpha value is -1.47. The molecule has 92 valence electrons. The van der Waals surface area contributed by atoms with E-state index < -0.39 is 4.92 Å². The van der Waals surface area contributed by atoms with Gasteiger partial charge in [0.2, 0.25) is 0 Å². The quantitative estimate of drug-likeness (QED) is 0.594. The number of non-ortho nitro benzene ring substituents is 1. The zero-order chi connectivity index (χ0) is 13.1. The molecule has 1 aromatic heterocycles. The molecule has 0 atom stereocenters. The number of rotatable bonds is 3. The van der Waals surface area contributed by atoms with Gasteiger partial charge >= 0.3 is 0 Å². The summed E-state index contributed by atoms with van der Waals surface area (Å²) in [5, 5.41) is 10.7. The van der Waals surface area contributed by atoms with Crippen LogP contribution >= 0.6 is 31.9 Å². The van der Waals surface area contributed by atoms with E-state index in [1.165, 1.54) is 18.3 Å². The lowest BCUT2D eigenvalue weighted by Gasteiger charge is -2.05. The first kappa shape index (κ1) is 13.0. The highest BCUT2D eigenvalue weighted by atomic mass is 79.9. The molecule has 0 aliphatic rings. The Morgan fingerprint density at radius 1 is 1.06 bits per heavy atom. The monoisotopic (exact) mass is 372 g/mol. The van der Waals surface area contributed by atoms with Gasteiger partial charge in [0.1, 0.15) is 11.5 Å². The van der Waals surface area contributed by atoms with Crippen molar-refractivity contribution in [2.75, 3.05) is 0 Å². The summed E-state index contributed by atoms with van der Waals surface area (Å²) in [5.74, 6) is 0.868. The summed E-state index contributed by atoms with van der Waals surface area (Å²) in [6.07, 6.45) is 3.15. The molecule has 0 radical (unpaired) electrons. The van der Waals surface area contributed by atoms with E-state index in [0.29, 0.717) is 16.0 Å². The third-order valence-electron chi connectivity index (χ3n) is 1.98. The van der Waals surface area contributed by atoms with Crippen molar-refractivity contribution in [1.29, 1.82) is 0 Å². The minimum Gasteiger partial charge on any atom is -0.455 e. The van der Waals surface area contributed by atoms with E-state index in [2.05, 4.69) is 36.8 Å². The largest absolute Gasteiger partial charge is 0.455 e. The lowest BCUT2D eigenvalue weighted by atomic mass is 10.3. The van der Waals surface area contributed by atoms with Crippen molar-refractivity contribution in [3.05, 3.63) is 55.7 Å². The molecule has 5 nitrogen and oxygen atoms in total. The van der Waals surface area contributed by atoms with Crippen LogP contribution < -0.4 is 4.74 Å². The molecule has 0 fully saturated rings. The van der Waals surface area contributed by atoms with Crippen LogP contribution in [0.4, 0.5) is 5.69 Å². The summed E-state index contributed by atoms with van der Waals surface area (Å²) in [5.41, 5.74) is -0.0395. The minimum absolute atomic E-state index is 0.0395. The third-order valence-corrected chi connectivity index (χ3v) is 2.87. The van der Waals surface area contributed by atoms with E-state index in [0.717, 1.165) is 4.47 Å². The maximum Gasteiger partial charge on any atom is 0.274 e. The Kier molecular flexibility index (Phi) is 3.93. The SMILES string of the molecule is O=[N+]([O-])c1cc(Br)cc(Oc2cncc(Br)c2)c1. The van der Waals surface area contributed by atoms with Crippen LogP contribution in [0.3, 0.4) is 0 Å². The average molecular weight is 374 g/mol. The second kappa shape index (κ2) is 5.45. The highest BCUT2D eigenvalue weighted by Gasteiger charge is 2.10. The van der Waals surface area contributed by atoms with Gasteiger partial charge in [-0.25, -0.2) is 0 Å². The van der Waals surface area contributed by atoms with Crippen LogP contribution in [0.5, 0.6) is 11.5 Å². The van der Waals surface area contributed by atoms with Gasteiger partial charge in [0.25, 0.3) is 5.69 Å². The van der Waals surface area contributed by atoms with Gasteiger partial charge in [-0.15, -0.1) is 0 Å². The van der Waals surface area contributed by atoms with E-state index >= 15 is 0 Å². The Balaban J connectivity index is 2.31. The maximum absolute atomic E-state index is 10.7. The Morgan fingerprint density at radius 2 is 1.78 bits per heavy atom.